The smallest absolute Gasteiger partial charge is 0.320 e. The van der Waals surface area contributed by atoms with E-state index in [2.05, 4.69) is 0 Å². The molecule has 6 heteroatoms. The first-order valence-corrected chi connectivity index (χ1v) is 7.38. The van der Waals surface area contributed by atoms with Crippen LogP contribution in [0.15, 0.2) is 0 Å². The molecule has 2 rings (SSSR count). The third kappa shape index (κ3) is 2.67. The van der Waals surface area contributed by atoms with Crippen molar-refractivity contribution in [1.82, 2.24) is 9.80 Å². The number of carboxylic acid groups (broad SMARTS) is 1. The zero-order chi connectivity index (χ0) is 14.9. The summed E-state index contributed by atoms with van der Waals surface area (Å²) in [5.41, 5.74) is 5.67. The summed E-state index contributed by atoms with van der Waals surface area (Å²) in [7, 11) is 0. The van der Waals surface area contributed by atoms with Gasteiger partial charge in [-0.15, -0.1) is 0 Å². The van der Waals surface area contributed by atoms with Crippen LogP contribution >= 0.6 is 0 Å². The van der Waals surface area contributed by atoms with Crippen molar-refractivity contribution in [2.45, 2.75) is 45.2 Å². The van der Waals surface area contributed by atoms with E-state index < -0.39 is 17.4 Å². The number of aliphatic carboxylic acids is 1. The number of carbonyl (C=O) groups is 2. The fourth-order valence-electron chi connectivity index (χ4n) is 3.29. The molecule has 3 N–H and O–H groups in total. The zero-order valence-electron chi connectivity index (χ0n) is 12.3. The highest BCUT2D eigenvalue weighted by Crippen LogP contribution is 2.38. The van der Waals surface area contributed by atoms with Crippen molar-refractivity contribution < 1.29 is 14.7 Å². The number of rotatable bonds is 3. The molecule has 1 aliphatic heterocycles. The van der Waals surface area contributed by atoms with Gasteiger partial charge < -0.3 is 15.7 Å². The molecule has 1 heterocycles. The molecule has 1 amide bonds. The second kappa shape index (κ2) is 5.69. The van der Waals surface area contributed by atoms with Gasteiger partial charge in [0.25, 0.3) is 0 Å². The molecule has 2 aliphatic rings. The topological polar surface area (TPSA) is 86.9 Å². The molecule has 0 aromatic heterocycles. The lowest BCUT2D eigenvalue weighted by Crippen LogP contribution is -2.57. The molecule has 3 unspecified atom stereocenters. The number of nitrogens with zero attached hydrogens (tertiary/aromatic N) is 2. The molecule has 20 heavy (non-hydrogen) atoms. The van der Waals surface area contributed by atoms with Gasteiger partial charge in [-0.1, -0.05) is 6.42 Å². The number of piperazine rings is 1. The highest BCUT2D eigenvalue weighted by Gasteiger charge is 2.45. The van der Waals surface area contributed by atoms with Crippen molar-refractivity contribution in [1.29, 1.82) is 0 Å². The predicted molar refractivity (Wildman–Crippen MR) is 75.2 cm³/mol. The van der Waals surface area contributed by atoms with Gasteiger partial charge in [-0.25, -0.2) is 0 Å². The predicted octanol–water partition coefficient (Wildman–Crippen LogP) is 0.121. The van der Waals surface area contributed by atoms with Gasteiger partial charge in [0.05, 0.1) is 5.41 Å². The molecule has 0 aromatic carbocycles. The SMILES string of the molecule is CC(C(=O)O)N1CCN(C(=O)C2(C)CCCC2N)CC1. The first-order chi connectivity index (χ1) is 9.36. The largest absolute Gasteiger partial charge is 0.480 e. The fourth-order valence-corrected chi connectivity index (χ4v) is 3.29. The Labute approximate surface area is 119 Å². The van der Waals surface area contributed by atoms with E-state index >= 15 is 0 Å². The van der Waals surface area contributed by atoms with Crippen LogP contribution in [-0.4, -0.2) is 65.0 Å². The molecule has 0 spiro atoms. The molecule has 0 radical (unpaired) electrons. The lowest BCUT2D eigenvalue weighted by Gasteiger charge is -2.40. The van der Waals surface area contributed by atoms with E-state index in [-0.39, 0.29) is 11.9 Å². The quantitative estimate of drug-likeness (QED) is 0.768. The summed E-state index contributed by atoms with van der Waals surface area (Å²) < 4.78 is 0. The van der Waals surface area contributed by atoms with Gasteiger partial charge in [0, 0.05) is 32.2 Å². The molecule has 1 saturated heterocycles. The lowest BCUT2D eigenvalue weighted by molar-refractivity contribution is -0.146. The average molecular weight is 283 g/mol. The first-order valence-electron chi connectivity index (χ1n) is 7.38. The van der Waals surface area contributed by atoms with E-state index in [0.717, 1.165) is 19.3 Å². The van der Waals surface area contributed by atoms with Crippen molar-refractivity contribution in [3.8, 4) is 0 Å². The number of carboxylic acids is 1. The number of carbonyl (C=O) groups excluding carboxylic acids is 1. The van der Waals surface area contributed by atoms with E-state index in [4.69, 9.17) is 10.8 Å². The van der Waals surface area contributed by atoms with E-state index in [0.29, 0.717) is 26.2 Å². The van der Waals surface area contributed by atoms with Crippen LogP contribution in [0.5, 0.6) is 0 Å². The molecular weight excluding hydrogens is 258 g/mol. The fraction of sp³-hybridized carbons (Fsp3) is 0.857. The molecule has 0 aromatic rings. The Bertz CT molecular complexity index is 393. The van der Waals surface area contributed by atoms with Crippen molar-refractivity contribution in [3.05, 3.63) is 0 Å². The molecule has 6 nitrogen and oxygen atoms in total. The van der Waals surface area contributed by atoms with Crippen molar-refractivity contribution in [2.75, 3.05) is 26.2 Å². The normalized spacial score (nSPS) is 33.1. The summed E-state index contributed by atoms with van der Waals surface area (Å²) in [6.07, 6.45) is 2.79. The van der Waals surface area contributed by atoms with E-state index in [1.807, 2.05) is 16.7 Å². The van der Waals surface area contributed by atoms with Crippen LogP contribution in [0.25, 0.3) is 0 Å². The second-order valence-corrected chi connectivity index (χ2v) is 6.26. The van der Waals surface area contributed by atoms with Gasteiger partial charge in [0.1, 0.15) is 6.04 Å². The first kappa shape index (κ1) is 15.3. The molecule has 1 saturated carbocycles. The highest BCUT2D eigenvalue weighted by molar-refractivity contribution is 5.83. The van der Waals surface area contributed by atoms with E-state index in [9.17, 15) is 9.59 Å². The van der Waals surface area contributed by atoms with Gasteiger partial charge in [0.2, 0.25) is 5.91 Å². The maximum absolute atomic E-state index is 12.7. The Hall–Kier alpha value is -1.14. The van der Waals surface area contributed by atoms with Crippen molar-refractivity contribution in [2.24, 2.45) is 11.1 Å². The highest BCUT2D eigenvalue weighted by atomic mass is 16.4. The van der Waals surface area contributed by atoms with Crippen LogP contribution in [-0.2, 0) is 9.59 Å². The Morgan fingerprint density at radius 2 is 1.90 bits per heavy atom. The van der Waals surface area contributed by atoms with Crippen LogP contribution in [0.3, 0.4) is 0 Å². The second-order valence-electron chi connectivity index (χ2n) is 6.26. The lowest BCUT2D eigenvalue weighted by atomic mass is 9.83. The zero-order valence-corrected chi connectivity index (χ0v) is 12.3. The third-order valence-electron chi connectivity index (χ3n) is 5.02. The standard InChI is InChI=1S/C14H25N3O3/c1-10(12(18)19)16-6-8-17(9-7-16)13(20)14(2)5-3-4-11(14)15/h10-11H,3-9,15H2,1-2H3,(H,18,19). The monoisotopic (exact) mass is 283 g/mol. The Kier molecular flexibility index (Phi) is 4.34. The summed E-state index contributed by atoms with van der Waals surface area (Å²) in [4.78, 5) is 27.4. The Morgan fingerprint density at radius 1 is 1.30 bits per heavy atom. The maximum Gasteiger partial charge on any atom is 0.320 e. The summed E-state index contributed by atoms with van der Waals surface area (Å²) in [5, 5.41) is 9.02. The van der Waals surface area contributed by atoms with Crippen LogP contribution in [0, 0.1) is 5.41 Å². The summed E-state index contributed by atoms with van der Waals surface area (Å²) in [5.74, 6) is -0.667. The van der Waals surface area contributed by atoms with Crippen molar-refractivity contribution >= 4 is 11.9 Å². The molecule has 0 bridgehead atoms. The summed E-state index contributed by atoms with van der Waals surface area (Å²) in [6.45, 7) is 6.08. The third-order valence-corrected chi connectivity index (χ3v) is 5.02. The van der Waals surface area contributed by atoms with Gasteiger partial charge in [-0.3, -0.25) is 14.5 Å². The van der Waals surface area contributed by atoms with Gasteiger partial charge in [-0.05, 0) is 26.7 Å². The van der Waals surface area contributed by atoms with Crippen LogP contribution in [0.1, 0.15) is 33.1 Å². The van der Waals surface area contributed by atoms with Crippen LogP contribution in [0.4, 0.5) is 0 Å². The van der Waals surface area contributed by atoms with Crippen LogP contribution in [0.2, 0.25) is 0 Å². The molecule has 1 aliphatic carbocycles. The molecule has 114 valence electrons. The minimum absolute atomic E-state index is 0.0500. The molecule has 2 fully saturated rings. The van der Waals surface area contributed by atoms with Crippen molar-refractivity contribution in [3.63, 3.8) is 0 Å². The minimum atomic E-state index is -0.811. The number of nitrogens with two attached hydrogens (primary N) is 1. The Balaban J connectivity index is 1.94. The average Bonchev–Trinajstić information content (AvgIpc) is 2.78. The number of hydrogen-bond donors (Lipinski definition) is 2. The van der Waals surface area contributed by atoms with E-state index in [1.165, 1.54) is 0 Å². The Morgan fingerprint density at radius 3 is 2.35 bits per heavy atom. The van der Waals surface area contributed by atoms with Gasteiger partial charge >= 0.3 is 5.97 Å². The number of hydrogen-bond acceptors (Lipinski definition) is 4. The molecular formula is C14H25N3O3. The summed E-state index contributed by atoms with van der Waals surface area (Å²) >= 11 is 0. The van der Waals surface area contributed by atoms with Crippen LogP contribution < -0.4 is 5.73 Å². The van der Waals surface area contributed by atoms with Gasteiger partial charge in [0.15, 0.2) is 0 Å². The summed E-state index contributed by atoms with van der Waals surface area (Å²) in [6, 6.07) is -0.539. The van der Waals surface area contributed by atoms with E-state index in [1.54, 1.807) is 6.92 Å². The maximum atomic E-state index is 12.7. The minimum Gasteiger partial charge on any atom is -0.480 e. The molecule has 3 atom stereocenters. The number of amides is 1. The van der Waals surface area contributed by atoms with Gasteiger partial charge in [-0.2, -0.15) is 0 Å².